The number of nitrogens with one attached hydrogen (secondary N) is 2. The summed E-state index contributed by atoms with van der Waals surface area (Å²) < 4.78 is 12.4. The molecule has 6 heteroatoms. The van der Waals surface area contributed by atoms with Crippen LogP contribution in [0, 0.1) is 0 Å². The lowest BCUT2D eigenvalue weighted by molar-refractivity contribution is -0.116. The molecule has 1 fully saturated rings. The SMILES string of the molecule is Cl.O=C(CC1CCCN1)Nc1cccc(CS(=O)Cc2ccccc2)c1. The van der Waals surface area contributed by atoms with Gasteiger partial charge in [-0.05, 0) is 42.6 Å². The zero-order chi connectivity index (χ0) is 17.5. The molecule has 1 amide bonds. The van der Waals surface area contributed by atoms with Gasteiger partial charge in [0.15, 0.2) is 0 Å². The van der Waals surface area contributed by atoms with Crippen molar-refractivity contribution in [3.05, 3.63) is 65.7 Å². The number of halogens is 1. The van der Waals surface area contributed by atoms with Gasteiger partial charge >= 0.3 is 0 Å². The van der Waals surface area contributed by atoms with Crippen LogP contribution in [0.3, 0.4) is 0 Å². The third-order valence-corrected chi connectivity index (χ3v) is 5.61. The smallest absolute Gasteiger partial charge is 0.225 e. The van der Waals surface area contributed by atoms with E-state index in [0.29, 0.717) is 24.0 Å². The van der Waals surface area contributed by atoms with Crippen molar-refractivity contribution in [2.75, 3.05) is 11.9 Å². The van der Waals surface area contributed by atoms with Gasteiger partial charge in [0.05, 0.1) is 0 Å². The van der Waals surface area contributed by atoms with Crippen LogP contribution in [0.2, 0.25) is 0 Å². The molecule has 4 nitrogen and oxygen atoms in total. The van der Waals surface area contributed by atoms with Crippen molar-refractivity contribution >= 4 is 34.8 Å². The number of hydrogen-bond acceptors (Lipinski definition) is 3. The van der Waals surface area contributed by atoms with Crippen molar-refractivity contribution in [3.8, 4) is 0 Å². The van der Waals surface area contributed by atoms with Crippen molar-refractivity contribution in [2.24, 2.45) is 0 Å². The van der Waals surface area contributed by atoms with E-state index in [1.807, 2.05) is 54.6 Å². The number of hydrogen-bond donors (Lipinski definition) is 2. The molecule has 2 aromatic rings. The highest BCUT2D eigenvalue weighted by molar-refractivity contribution is 7.83. The second-order valence-electron chi connectivity index (χ2n) is 6.46. The van der Waals surface area contributed by atoms with Crippen LogP contribution in [0.25, 0.3) is 0 Å². The summed E-state index contributed by atoms with van der Waals surface area (Å²) in [5, 5.41) is 6.29. The minimum Gasteiger partial charge on any atom is -0.326 e. The maximum atomic E-state index is 12.4. The molecule has 2 atom stereocenters. The van der Waals surface area contributed by atoms with E-state index in [-0.39, 0.29) is 18.3 Å². The lowest BCUT2D eigenvalue weighted by Crippen LogP contribution is -2.27. The summed E-state index contributed by atoms with van der Waals surface area (Å²) in [5.41, 5.74) is 2.83. The Labute approximate surface area is 163 Å². The highest BCUT2D eigenvalue weighted by Gasteiger charge is 2.17. The van der Waals surface area contributed by atoms with E-state index in [1.165, 1.54) is 0 Å². The molecule has 0 radical (unpaired) electrons. The maximum Gasteiger partial charge on any atom is 0.225 e. The highest BCUT2D eigenvalue weighted by Crippen LogP contribution is 2.16. The van der Waals surface area contributed by atoms with E-state index in [4.69, 9.17) is 0 Å². The first kappa shape index (κ1) is 20.6. The van der Waals surface area contributed by atoms with Crippen molar-refractivity contribution in [3.63, 3.8) is 0 Å². The zero-order valence-electron chi connectivity index (χ0n) is 14.6. The van der Waals surface area contributed by atoms with E-state index in [0.717, 1.165) is 36.2 Å². The normalized spacial score (nSPS) is 17.3. The molecule has 1 aliphatic rings. The van der Waals surface area contributed by atoms with Gasteiger partial charge in [-0.1, -0.05) is 42.5 Å². The molecule has 2 N–H and O–H groups in total. The molecule has 0 spiro atoms. The molecule has 1 aliphatic heterocycles. The molecule has 1 heterocycles. The summed E-state index contributed by atoms with van der Waals surface area (Å²) in [6, 6.07) is 17.8. The fourth-order valence-electron chi connectivity index (χ4n) is 3.10. The van der Waals surface area contributed by atoms with Gasteiger partial charge < -0.3 is 10.6 Å². The number of amides is 1. The van der Waals surface area contributed by atoms with Crippen LogP contribution in [0.1, 0.15) is 30.4 Å². The summed E-state index contributed by atoms with van der Waals surface area (Å²) in [6.45, 7) is 1.00. The van der Waals surface area contributed by atoms with Gasteiger partial charge in [0.2, 0.25) is 5.91 Å². The molecule has 0 saturated carbocycles. The summed E-state index contributed by atoms with van der Waals surface area (Å²) >= 11 is 0. The Morgan fingerprint density at radius 2 is 1.81 bits per heavy atom. The largest absolute Gasteiger partial charge is 0.326 e. The van der Waals surface area contributed by atoms with Crippen LogP contribution >= 0.6 is 12.4 Å². The Kier molecular flexibility index (Phi) is 8.29. The Balaban J connectivity index is 0.00000243. The van der Waals surface area contributed by atoms with Gasteiger partial charge in [0.25, 0.3) is 0 Å². The number of rotatable bonds is 7. The van der Waals surface area contributed by atoms with E-state index in [9.17, 15) is 9.00 Å². The first-order valence-corrected chi connectivity index (χ1v) is 10.2. The summed E-state index contributed by atoms with van der Waals surface area (Å²) in [7, 11) is -0.969. The first-order chi connectivity index (χ1) is 12.2. The van der Waals surface area contributed by atoms with Crippen molar-refractivity contribution < 1.29 is 9.00 Å². The molecule has 140 valence electrons. The van der Waals surface area contributed by atoms with Gasteiger partial charge in [-0.3, -0.25) is 9.00 Å². The predicted molar refractivity (Wildman–Crippen MR) is 110 cm³/mol. The number of carbonyl (C=O) groups excluding carboxylic acids is 1. The lowest BCUT2D eigenvalue weighted by Gasteiger charge is -2.11. The number of benzene rings is 2. The van der Waals surface area contributed by atoms with E-state index in [2.05, 4.69) is 10.6 Å². The topological polar surface area (TPSA) is 58.2 Å². The molecule has 0 aliphatic carbocycles. The Morgan fingerprint density at radius 1 is 1.08 bits per heavy atom. The van der Waals surface area contributed by atoms with Crippen LogP contribution in [0.15, 0.2) is 54.6 Å². The minimum absolute atomic E-state index is 0. The standard InChI is InChI=1S/C20H24N2O2S.ClH/c23-20(13-18-10-5-11-21-18)22-19-9-4-8-17(12-19)15-25(24)14-16-6-2-1-3-7-16;/h1-4,6-9,12,18,21H,5,10-11,13-15H2,(H,22,23);1H. The number of carbonyl (C=O) groups is 1. The Bertz CT molecular complexity index is 734. The van der Waals surface area contributed by atoms with Crippen molar-refractivity contribution in [2.45, 2.75) is 36.8 Å². The molecular weight excluding hydrogens is 368 g/mol. The predicted octanol–water partition coefficient (Wildman–Crippen LogP) is 3.64. The minimum atomic E-state index is -0.969. The third kappa shape index (κ3) is 6.56. The van der Waals surface area contributed by atoms with Gasteiger partial charge in [0, 0.05) is 40.5 Å². The quantitative estimate of drug-likeness (QED) is 0.756. The van der Waals surface area contributed by atoms with Gasteiger partial charge in [-0.2, -0.15) is 0 Å². The summed E-state index contributed by atoms with van der Waals surface area (Å²) in [5.74, 6) is 1.06. The average molecular weight is 393 g/mol. The fraction of sp³-hybridized carbons (Fsp3) is 0.350. The summed E-state index contributed by atoms with van der Waals surface area (Å²) in [4.78, 5) is 12.1. The Morgan fingerprint density at radius 3 is 2.54 bits per heavy atom. The number of anilines is 1. The van der Waals surface area contributed by atoms with Crippen LogP contribution in [0.5, 0.6) is 0 Å². The second-order valence-corrected chi connectivity index (χ2v) is 7.92. The maximum absolute atomic E-state index is 12.4. The van der Waals surface area contributed by atoms with Crippen LogP contribution < -0.4 is 10.6 Å². The molecular formula is C20H25ClN2O2S. The van der Waals surface area contributed by atoms with Crippen molar-refractivity contribution in [1.82, 2.24) is 5.32 Å². The fourth-order valence-corrected chi connectivity index (χ4v) is 4.32. The molecule has 26 heavy (non-hydrogen) atoms. The average Bonchev–Trinajstić information content (AvgIpc) is 3.08. The van der Waals surface area contributed by atoms with Crippen LogP contribution in [-0.2, 0) is 27.1 Å². The van der Waals surface area contributed by atoms with E-state index in [1.54, 1.807) is 0 Å². The van der Waals surface area contributed by atoms with Gasteiger partial charge in [-0.25, -0.2) is 0 Å². The molecule has 1 saturated heterocycles. The van der Waals surface area contributed by atoms with Crippen molar-refractivity contribution in [1.29, 1.82) is 0 Å². The second kappa shape index (κ2) is 10.5. The first-order valence-electron chi connectivity index (χ1n) is 8.70. The van der Waals surface area contributed by atoms with Gasteiger partial charge in [0.1, 0.15) is 0 Å². The molecule has 0 aromatic heterocycles. The lowest BCUT2D eigenvalue weighted by atomic mass is 10.1. The monoisotopic (exact) mass is 392 g/mol. The molecule has 3 rings (SSSR count). The Hall–Kier alpha value is -1.69. The zero-order valence-corrected chi connectivity index (χ0v) is 16.3. The van der Waals surface area contributed by atoms with E-state index >= 15 is 0 Å². The summed E-state index contributed by atoms with van der Waals surface area (Å²) in [6.07, 6.45) is 2.71. The van der Waals surface area contributed by atoms with E-state index < -0.39 is 10.8 Å². The molecule has 0 bridgehead atoms. The molecule has 2 aromatic carbocycles. The molecule has 2 unspecified atom stereocenters. The highest BCUT2D eigenvalue weighted by atomic mass is 35.5. The third-order valence-electron chi connectivity index (χ3n) is 4.30. The van der Waals surface area contributed by atoms with Crippen LogP contribution in [-0.4, -0.2) is 22.7 Å². The van der Waals surface area contributed by atoms with Gasteiger partial charge in [-0.15, -0.1) is 12.4 Å². The van der Waals surface area contributed by atoms with Crippen LogP contribution in [0.4, 0.5) is 5.69 Å².